The van der Waals surface area contributed by atoms with Crippen molar-refractivity contribution < 1.29 is 17.1 Å². The largest absolute Gasteiger partial charge is 0.0991 e. The van der Waals surface area contributed by atoms with Crippen LogP contribution in [0.4, 0.5) is 0 Å². The maximum atomic E-state index is 3.51. The summed E-state index contributed by atoms with van der Waals surface area (Å²) in [6, 6.07) is 0. The fraction of sp³-hybridized carbons (Fsp3) is 0.333. The van der Waals surface area contributed by atoms with Crippen LogP contribution in [0.5, 0.6) is 0 Å². The van der Waals surface area contributed by atoms with Crippen LogP contribution in [-0.2, 0) is 17.1 Å². The first kappa shape index (κ1) is 10.1. The van der Waals surface area contributed by atoms with Gasteiger partial charge in [0, 0.05) is 17.1 Å². The van der Waals surface area contributed by atoms with E-state index in [4.69, 9.17) is 0 Å². The molecule has 7 heavy (non-hydrogen) atoms. The molecule has 0 amide bonds. The monoisotopic (exact) mass is 145 g/mol. The van der Waals surface area contributed by atoms with Crippen molar-refractivity contribution in [1.29, 1.82) is 0 Å². The van der Waals surface area contributed by atoms with E-state index in [2.05, 4.69) is 19.6 Å². The van der Waals surface area contributed by atoms with E-state index in [-0.39, 0.29) is 17.1 Å². The Balaban J connectivity index is 0. The number of rotatable bonds is 2. The fourth-order valence-electron chi connectivity index (χ4n) is 0.232. The van der Waals surface area contributed by atoms with Gasteiger partial charge in [-0.25, -0.2) is 0 Å². The normalized spacial score (nSPS) is 8.14. The molecular formula is C6H10Cu. The third-order valence-electron chi connectivity index (χ3n) is 0.508. The van der Waals surface area contributed by atoms with Crippen LogP contribution in [0, 0.1) is 0 Å². The average Bonchev–Trinajstić information content (AvgIpc) is 1.61. The van der Waals surface area contributed by atoms with Crippen molar-refractivity contribution in [3.63, 3.8) is 0 Å². The van der Waals surface area contributed by atoms with Crippen molar-refractivity contribution in [1.82, 2.24) is 0 Å². The summed E-state index contributed by atoms with van der Waals surface area (Å²) >= 11 is 0. The Bertz CT molecular complexity index is 55.2. The summed E-state index contributed by atoms with van der Waals surface area (Å²) in [5.74, 6) is 0. The van der Waals surface area contributed by atoms with Gasteiger partial charge in [-0.15, -0.1) is 0 Å². The summed E-state index contributed by atoms with van der Waals surface area (Å²) in [6.45, 7) is 5.61. The molecule has 0 aliphatic heterocycles. The zero-order valence-corrected chi connectivity index (χ0v) is 5.39. The van der Waals surface area contributed by atoms with Gasteiger partial charge in [0.2, 0.25) is 0 Å². The predicted molar refractivity (Wildman–Crippen MR) is 29.6 cm³/mol. The van der Waals surface area contributed by atoms with Gasteiger partial charge in [0.05, 0.1) is 0 Å². The summed E-state index contributed by atoms with van der Waals surface area (Å²) in [6.07, 6.45) is 6.89. The number of hydrogen-bond donors (Lipinski definition) is 0. The molecule has 0 aliphatic carbocycles. The van der Waals surface area contributed by atoms with Crippen LogP contribution >= 0.6 is 0 Å². The van der Waals surface area contributed by atoms with Crippen molar-refractivity contribution >= 4 is 0 Å². The smallest absolute Gasteiger partial charge is 0 e. The van der Waals surface area contributed by atoms with Gasteiger partial charge in [0.15, 0.2) is 0 Å². The van der Waals surface area contributed by atoms with E-state index >= 15 is 0 Å². The van der Waals surface area contributed by atoms with Crippen molar-refractivity contribution in [3.05, 3.63) is 24.8 Å². The molecule has 0 aromatic rings. The first-order valence-electron chi connectivity index (χ1n) is 2.19. The average molecular weight is 146 g/mol. The van der Waals surface area contributed by atoms with Crippen LogP contribution < -0.4 is 0 Å². The predicted octanol–water partition coefficient (Wildman–Crippen LogP) is 2.14. The molecule has 1 radical (unpaired) electrons. The second-order valence-corrected chi connectivity index (χ2v) is 1.07. The van der Waals surface area contributed by atoms with E-state index in [0.29, 0.717) is 0 Å². The minimum atomic E-state index is 0. The molecule has 0 saturated carbocycles. The Morgan fingerprint density at radius 2 is 2.14 bits per heavy atom. The molecule has 0 aromatic heterocycles. The molecule has 0 bridgehead atoms. The molecular weight excluding hydrogens is 136 g/mol. The van der Waals surface area contributed by atoms with Gasteiger partial charge in [0.25, 0.3) is 0 Å². The fourth-order valence-corrected chi connectivity index (χ4v) is 0.232. The first-order valence-corrected chi connectivity index (χ1v) is 2.19. The quantitative estimate of drug-likeness (QED) is 0.413. The SMILES string of the molecule is C=CC=CCC.[Cu]. The Labute approximate surface area is 55.8 Å². The summed E-state index contributed by atoms with van der Waals surface area (Å²) in [5, 5.41) is 0. The third-order valence-corrected chi connectivity index (χ3v) is 0.508. The van der Waals surface area contributed by atoms with Gasteiger partial charge in [-0.2, -0.15) is 0 Å². The number of allylic oxidation sites excluding steroid dienone is 3. The van der Waals surface area contributed by atoms with E-state index in [1.807, 2.05) is 6.08 Å². The van der Waals surface area contributed by atoms with Crippen LogP contribution in [0.3, 0.4) is 0 Å². The standard InChI is InChI=1S/C6H10.Cu/c1-3-5-6-4-2;/h3,5-6H,1,4H2,2H3;. The molecule has 0 rings (SSSR count). The van der Waals surface area contributed by atoms with Gasteiger partial charge in [-0.3, -0.25) is 0 Å². The van der Waals surface area contributed by atoms with E-state index in [1.54, 1.807) is 6.08 Å². The van der Waals surface area contributed by atoms with Crippen LogP contribution in [0.15, 0.2) is 24.8 Å². The Hall–Kier alpha value is -0.000519. The molecule has 0 saturated heterocycles. The maximum absolute atomic E-state index is 3.51. The molecule has 0 aliphatic rings. The van der Waals surface area contributed by atoms with Crippen molar-refractivity contribution in [3.8, 4) is 0 Å². The summed E-state index contributed by atoms with van der Waals surface area (Å²) in [4.78, 5) is 0. The molecule has 0 spiro atoms. The Morgan fingerprint density at radius 1 is 1.57 bits per heavy atom. The zero-order valence-electron chi connectivity index (χ0n) is 4.45. The summed E-state index contributed by atoms with van der Waals surface area (Å²) in [5.41, 5.74) is 0. The van der Waals surface area contributed by atoms with E-state index in [0.717, 1.165) is 6.42 Å². The third kappa shape index (κ3) is 10.7. The molecule has 0 nitrogen and oxygen atoms in total. The molecule has 0 aromatic carbocycles. The zero-order chi connectivity index (χ0) is 4.83. The summed E-state index contributed by atoms with van der Waals surface area (Å²) < 4.78 is 0. The topological polar surface area (TPSA) is 0 Å². The van der Waals surface area contributed by atoms with Crippen molar-refractivity contribution in [2.75, 3.05) is 0 Å². The molecule has 0 unspecified atom stereocenters. The van der Waals surface area contributed by atoms with E-state index in [1.165, 1.54) is 0 Å². The van der Waals surface area contributed by atoms with Gasteiger partial charge in [-0.1, -0.05) is 31.7 Å². The van der Waals surface area contributed by atoms with E-state index < -0.39 is 0 Å². The molecule has 45 valence electrons. The Morgan fingerprint density at radius 3 is 2.29 bits per heavy atom. The van der Waals surface area contributed by atoms with Gasteiger partial charge in [-0.05, 0) is 6.42 Å². The molecule has 0 N–H and O–H groups in total. The van der Waals surface area contributed by atoms with Gasteiger partial charge in [0.1, 0.15) is 0 Å². The molecule has 0 heterocycles. The molecule has 0 fully saturated rings. The number of hydrogen-bond acceptors (Lipinski definition) is 0. The first-order chi connectivity index (χ1) is 2.91. The minimum Gasteiger partial charge on any atom is -0.0991 e. The second-order valence-electron chi connectivity index (χ2n) is 1.07. The van der Waals surface area contributed by atoms with Crippen LogP contribution in [0.1, 0.15) is 13.3 Å². The van der Waals surface area contributed by atoms with Gasteiger partial charge < -0.3 is 0 Å². The van der Waals surface area contributed by atoms with Crippen molar-refractivity contribution in [2.24, 2.45) is 0 Å². The summed E-state index contributed by atoms with van der Waals surface area (Å²) in [7, 11) is 0. The van der Waals surface area contributed by atoms with Crippen molar-refractivity contribution in [2.45, 2.75) is 13.3 Å². The molecule has 1 heteroatoms. The molecule has 0 atom stereocenters. The van der Waals surface area contributed by atoms with E-state index in [9.17, 15) is 0 Å². The Kier molecular flexibility index (Phi) is 13.5. The second kappa shape index (κ2) is 9.37. The van der Waals surface area contributed by atoms with Crippen LogP contribution in [-0.4, -0.2) is 0 Å². The maximum Gasteiger partial charge on any atom is 0 e. The van der Waals surface area contributed by atoms with Crippen LogP contribution in [0.25, 0.3) is 0 Å². The van der Waals surface area contributed by atoms with Gasteiger partial charge >= 0.3 is 0 Å². The van der Waals surface area contributed by atoms with Crippen LogP contribution in [0.2, 0.25) is 0 Å². The minimum absolute atomic E-state index is 0.